The van der Waals surface area contributed by atoms with E-state index in [4.69, 9.17) is 9.47 Å². The average Bonchev–Trinajstić information content (AvgIpc) is 2.70. The lowest BCUT2D eigenvalue weighted by atomic mass is 10.3. The van der Waals surface area contributed by atoms with Gasteiger partial charge in [0.05, 0.1) is 25.1 Å². The van der Waals surface area contributed by atoms with Crippen LogP contribution in [0.25, 0.3) is 0 Å². The lowest BCUT2D eigenvalue weighted by Gasteiger charge is -2.23. The van der Waals surface area contributed by atoms with E-state index in [1.54, 1.807) is 56.5 Å². The van der Waals surface area contributed by atoms with Crippen molar-refractivity contribution < 1.29 is 22.7 Å². The quantitative estimate of drug-likeness (QED) is 0.574. The van der Waals surface area contributed by atoms with Crippen molar-refractivity contribution in [2.75, 3.05) is 37.1 Å². The van der Waals surface area contributed by atoms with Crippen LogP contribution in [0.4, 0.5) is 5.69 Å². The normalized spacial score (nSPS) is 12.1. The zero-order valence-corrected chi connectivity index (χ0v) is 18.5. The first-order valence-electron chi connectivity index (χ1n) is 8.91. The largest absolute Gasteiger partial charge is 0.497 e. The maximum absolute atomic E-state index is 12.4. The number of sulfonamides is 1. The third kappa shape index (κ3) is 7.17. The number of rotatable bonds is 10. The van der Waals surface area contributed by atoms with E-state index in [1.165, 1.54) is 11.8 Å². The summed E-state index contributed by atoms with van der Waals surface area (Å²) in [5.74, 6) is 0.972. The molecule has 0 aromatic heterocycles. The van der Waals surface area contributed by atoms with Crippen molar-refractivity contribution in [2.45, 2.75) is 17.9 Å². The van der Waals surface area contributed by atoms with Gasteiger partial charge in [0.15, 0.2) is 0 Å². The molecule has 1 unspecified atom stereocenters. The van der Waals surface area contributed by atoms with Gasteiger partial charge in [0.25, 0.3) is 0 Å². The topological polar surface area (TPSA) is 84.9 Å². The van der Waals surface area contributed by atoms with Crippen LogP contribution < -0.4 is 19.1 Å². The van der Waals surface area contributed by atoms with Crippen LogP contribution in [-0.4, -0.2) is 53.1 Å². The van der Waals surface area contributed by atoms with Gasteiger partial charge in [0.2, 0.25) is 15.9 Å². The number of benzene rings is 2. The second-order valence-electron chi connectivity index (χ2n) is 6.43. The molecule has 0 bridgehead atoms. The highest BCUT2D eigenvalue weighted by Crippen LogP contribution is 2.24. The zero-order chi connectivity index (χ0) is 21.4. The van der Waals surface area contributed by atoms with Crippen molar-refractivity contribution in [1.29, 1.82) is 0 Å². The molecule has 1 N–H and O–H groups in total. The van der Waals surface area contributed by atoms with Crippen molar-refractivity contribution in [2.24, 2.45) is 0 Å². The Morgan fingerprint density at radius 3 is 2.41 bits per heavy atom. The number of thioether (sulfide) groups is 1. The molecule has 2 rings (SSSR count). The maximum Gasteiger partial charge on any atom is 0.241 e. The number of hydrogen-bond acceptors (Lipinski definition) is 6. The summed E-state index contributed by atoms with van der Waals surface area (Å²) in [5.41, 5.74) is 0.455. The van der Waals surface area contributed by atoms with Crippen LogP contribution in [0.1, 0.15) is 6.92 Å². The first kappa shape index (κ1) is 22.9. The highest BCUT2D eigenvalue weighted by molar-refractivity contribution is 7.98. The summed E-state index contributed by atoms with van der Waals surface area (Å²) in [4.78, 5) is 13.4. The molecule has 9 heteroatoms. The van der Waals surface area contributed by atoms with E-state index in [0.717, 1.165) is 21.2 Å². The minimum absolute atomic E-state index is 0.249. The van der Waals surface area contributed by atoms with E-state index < -0.39 is 15.9 Å². The van der Waals surface area contributed by atoms with Gasteiger partial charge in [0, 0.05) is 4.90 Å². The lowest BCUT2D eigenvalue weighted by Crippen LogP contribution is -2.44. The first-order chi connectivity index (χ1) is 13.7. The van der Waals surface area contributed by atoms with Crippen molar-refractivity contribution >= 4 is 33.4 Å². The molecule has 0 saturated heterocycles. The third-order valence-corrected chi connectivity index (χ3v) is 5.86. The molecule has 0 saturated carbocycles. The Morgan fingerprint density at radius 2 is 1.83 bits per heavy atom. The van der Waals surface area contributed by atoms with Crippen molar-refractivity contribution in [3.63, 3.8) is 0 Å². The van der Waals surface area contributed by atoms with E-state index in [9.17, 15) is 13.2 Å². The lowest BCUT2D eigenvalue weighted by molar-refractivity contribution is -0.120. The molecule has 0 aliphatic rings. The maximum atomic E-state index is 12.4. The van der Waals surface area contributed by atoms with E-state index in [2.05, 4.69) is 5.32 Å². The van der Waals surface area contributed by atoms with Crippen molar-refractivity contribution in [3.8, 4) is 11.5 Å². The van der Waals surface area contributed by atoms with Crippen LogP contribution in [0, 0.1) is 0 Å². The highest BCUT2D eigenvalue weighted by Gasteiger charge is 2.22. The SMILES string of the molecule is COc1ccc(OCC(C)NC(=O)CN(c2cccc(SC)c2)S(C)(=O)=O)cc1. The predicted octanol–water partition coefficient (Wildman–Crippen LogP) is 2.77. The van der Waals surface area contributed by atoms with Crippen molar-refractivity contribution in [3.05, 3.63) is 48.5 Å². The van der Waals surface area contributed by atoms with Gasteiger partial charge in [-0.25, -0.2) is 8.42 Å². The van der Waals surface area contributed by atoms with E-state index in [0.29, 0.717) is 11.4 Å². The summed E-state index contributed by atoms with van der Waals surface area (Å²) < 4.78 is 36.3. The summed E-state index contributed by atoms with van der Waals surface area (Å²) in [6, 6.07) is 13.9. The van der Waals surface area contributed by atoms with Crippen LogP contribution in [-0.2, 0) is 14.8 Å². The molecule has 2 aromatic carbocycles. The number of nitrogens with one attached hydrogen (secondary N) is 1. The van der Waals surface area contributed by atoms with Gasteiger partial charge < -0.3 is 14.8 Å². The monoisotopic (exact) mass is 438 g/mol. The molecule has 0 aliphatic heterocycles. The van der Waals surface area contributed by atoms with E-state index in [1.807, 2.05) is 12.3 Å². The second kappa shape index (κ2) is 10.4. The molecule has 0 fully saturated rings. The fourth-order valence-corrected chi connectivity index (χ4v) is 3.85. The molecule has 2 aromatic rings. The number of amides is 1. The molecule has 158 valence electrons. The van der Waals surface area contributed by atoms with Gasteiger partial charge in [-0.1, -0.05) is 6.07 Å². The Kier molecular flexibility index (Phi) is 8.21. The molecule has 0 radical (unpaired) electrons. The number of carbonyl (C=O) groups excluding carboxylic acids is 1. The van der Waals surface area contributed by atoms with Crippen LogP contribution in [0.2, 0.25) is 0 Å². The van der Waals surface area contributed by atoms with Crippen molar-refractivity contribution in [1.82, 2.24) is 5.32 Å². The highest BCUT2D eigenvalue weighted by atomic mass is 32.2. The molecule has 0 heterocycles. The van der Waals surface area contributed by atoms with Crippen LogP contribution >= 0.6 is 11.8 Å². The van der Waals surface area contributed by atoms with Crippen LogP contribution in [0.3, 0.4) is 0 Å². The number of methoxy groups -OCH3 is 1. The Hall–Kier alpha value is -2.39. The molecular weight excluding hydrogens is 412 g/mol. The van der Waals surface area contributed by atoms with Gasteiger partial charge in [-0.05, 0) is 55.6 Å². The number of nitrogens with zero attached hydrogens (tertiary/aromatic N) is 1. The standard InChI is InChI=1S/C20H26N2O5S2/c1-15(14-27-18-10-8-17(26-2)9-11-18)21-20(23)13-22(29(4,24)25)16-6-5-7-19(12-16)28-3/h5-12,15H,13-14H2,1-4H3,(H,21,23). The van der Waals surface area contributed by atoms with Gasteiger partial charge in [-0.3, -0.25) is 9.10 Å². The Labute approximate surface area is 176 Å². The second-order valence-corrected chi connectivity index (χ2v) is 9.21. The number of carbonyl (C=O) groups is 1. The fourth-order valence-electron chi connectivity index (χ4n) is 2.55. The van der Waals surface area contributed by atoms with Crippen LogP contribution in [0.15, 0.2) is 53.4 Å². The number of anilines is 1. The molecule has 1 atom stereocenters. The molecule has 7 nitrogen and oxygen atoms in total. The van der Waals surface area contributed by atoms with E-state index >= 15 is 0 Å². The van der Waals surface area contributed by atoms with Gasteiger partial charge in [0.1, 0.15) is 24.7 Å². The summed E-state index contributed by atoms with van der Waals surface area (Å²) >= 11 is 1.50. The van der Waals surface area contributed by atoms with Crippen LogP contribution in [0.5, 0.6) is 11.5 Å². The predicted molar refractivity (Wildman–Crippen MR) is 117 cm³/mol. The Bertz CT molecular complexity index is 917. The van der Waals surface area contributed by atoms with Gasteiger partial charge in [-0.15, -0.1) is 11.8 Å². The summed E-state index contributed by atoms with van der Waals surface area (Å²) in [6.45, 7) is 1.74. The molecular formula is C20H26N2O5S2. The number of hydrogen-bond donors (Lipinski definition) is 1. The Morgan fingerprint density at radius 1 is 1.17 bits per heavy atom. The molecule has 29 heavy (non-hydrogen) atoms. The zero-order valence-electron chi connectivity index (χ0n) is 16.9. The molecule has 1 amide bonds. The van der Waals surface area contributed by atoms with Gasteiger partial charge in [-0.2, -0.15) is 0 Å². The minimum atomic E-state index is -3.62. The number of ether oxygens (including phenoxy) is 2. The average molecular weight is 439 g/mol. The smallest absolute Gasteiger partial charge is 0.241 e. The summed E-state index contributed by atoms with van der Waals surface area (Å²) in [5, 5.41) is 2.77. The summed E-state index contributed by atoms with van der Waals surface area (Å²) in [7, 11) is -2.03. The summed E-state index contributed by atoms with van der Waals surface area (Å²) in [6.07, 6.45) is 2.99. The Balaban J connectivity index is 1.96. The third-order valence-electron chi connectivity index (χ3n) is 4.00. The first-order valence-corrected chi connectivity index (χ1v) is 12.0. The minimum Gasteiger partial charge on any atom is -0.497 e. The van der Waals surface area contributed by atoms with E-state index in [-0.39, 0.29) is 19.2 Å². The fraction of sp³-hybridized carbons (Fsp3) is 0.350. The molecule has 0 spiro atoms. The van der Waals surface area contributed by atoms with Gasteiger partial charge >= 0.3 is 0 Å². The molecule has 0 aliphatic carbocycles.